The monoisotopic (exact) mass is 646 g/mol. The van der Waals surface area contributed by atoms with Crippen LogP contribution in [0.3, 0.4) is 0 Å². The second-order valence-corrected chi connectivity index (χ2v) is 13.3. The van der Waals surface area contributed by atoms with Gasteiger partial charge in [-0.2, -0.15) is 0 Å². The zero-order chi connectivity index (χ0) is 29.4. The normalized spacial score (nSPS) is 20.0. The minimum atomic E-state index is -0.0643. The number of rotatable bonds is 10. The molecular weight excluding hydrogens is 615 g/mol. The van der Waals surface area contributed by atoms with E-state index in [4.69, 9.17) is 44.3 Å². The summed E-state index contributed by atoms with van der Waals surface area (Å²) in [4.78, 5) is 21.9. The first-order chi connectivity index (χ1) is 20.3. The van der Waals surface area contributed by atoms with Crippen LogP contribution in [-0.2, 0) is 11.3 Å². The van der Waals surface area contributed by atoms with E-state index in [1.807, 2.05) is 49.2 Å². The van der Waals surface area contributed by atoms with Gasteiger partial charge in [-0.25, -0.2) is 4.98 Å². The summed E-state index contributed by atoms with van der Waals surface area (Å²) >= 11 is 20.5. The van der Waals surface area contributed by atoms with Gasteiger partial charge in [-0.15, -0.1) is 0 Å². The number of carbonyl (C=O) groups excluding carboxylic acids is 1. The van der Waals surface area contributed by atoms with Crippen molar-refractivity contribution in [2.45, 2.75) is 57.8 Å². The van der Waals surface area contributed by atoms with Crippen molar-refractivity contribution in [2.24, 2.45) is 0 Å². The second-order valence-electron chi connectivity index (χ2n) is 11.1. The highest BCUT2D eigenvalue weighted by Gasteiger charge is 2.41. The van der Waals surface area contributed by atoms with Gasteiger partial charge in [0.05, 0.1) is 21.0 Å². The van der Waals surface area contributed by atoms with E-state index in [1.165, 1.54) is 11.3 Å². The zero-order valence-electron chi connectivity index (χ0n) is 23.5. The molecule has 1 aliphatic carbocycles. The number of amides is 1. The lowest BCUT2D eigenvalue weighted by Crippen LogP contribution is -2.59. The van der Waals surface area contributed by atoms with E-state index in [9.17, 15) is 4.79 Å². The number of hydrogen-bond acceptors (Lipinski definition) is 7. The molecule has 0 radical (unpaired) electrons. The number of nitrogens with zero attached hydrogens (tertiary/aromatic N) is 2. The third-order valence-electron chi connectivity index (χ3n) is 7.98. The van der Waals surface area contributed by atoms with Gasteiger partial charge in [-0.05, 0) is 73.6 Å². The third-order valence-corrected chi connectivity index (χ3v) is 9.92. The molecule has 2 atom stereocenters. The topological polar surface area (TPSA) is 75.7 Å². The Morgan fingerprint density at radius 3 is 2.60 bits per heavy atom. The number of fused-ring (bicyclic) bond motifs is 2. The Kier molecular flexibility index (Phi) is 9.01. The summed E-state index contributed by atoms with van der Waals surface area (Å²) in [5, 5.41) is 9.38. The number of hydrogen-bond donors (Lipinski definition) is 2. The average Bonchev–Trinajstić information content (AvgIpc) is 3.69. The SMILES string of the molecule is Cc1cc(Cl)c(OCCOc2ncc(C3=C(C(=O)N(Cc4cccc(Cl)c4C)C4CC4)[C@H]4CNC[C@@H](C3)N4)s2)c(Cl)c1. The summed E-state index contributed by atoms with van der Waals surface area (Å²) in [6.45, 7) is 6.60. The van der Waals surface area contributed by atoms with Crippen LogP contribution < -0.4 is 20.1 Å². The molecule has 3 aromatic rings. The average molecular weight is 648 g/mol. The van der Waals surface area contributed by atoms with Crippen molar-refractivity contribution in [3.05, 3.63) is 78.7 Å². The van der Waals surface area contributed by atoms with Crippen LogP contribution in [0, 0.1) is 13.8 Å². The van der Waals surface area contributed by atoms with Gasteiger partial charge in [0, 0.05) is 48.5 Å². The minimum Gasteiger partial charge on any atom is -0.487 e. The minimum absolute atomic E-state index is 0.0643. The predicted octanol–water partition coefficient (Wildman–Crippen LogP) is 6.46. The van der Waals surface area contributed by atoms with Gasteiger partial charge in [-0.1, -0.05) is 58.3 Å². The molecule has 222 valence electrons. The number of benzene rings is 2. The lowest BCUT2D eigenvalue weighted by Gasteiger charge is -2.40. The first kappa shape index (κ1) is 29.7. The van der Waals surface area contributed by atoms with Gasteiger partial charge in [-0.3, -0.25) is 4.79 Å². The first-order valence-corrected chi connectivity index (χ1v) is 16.2. The first-order valence-electron chi connectivity index (χ1n) is 14.2. The van der Waals surface area contributed by atoms with Crippen LogP contribution in [0.5, 0.6) is 10.9 Å². The maximum atomic E-state index is 14.4. The Morgan fingerprint density at radius 2 is 1.83 bits per heavy atom. The Balaban J connectivity index is 1.21. The van der Waals surface area contributed by atoms with E-state index in [1.54, 1.807) is 0 Å². The van der Waals surface area contributed by atoms with E-state index in [0.29, 0.717) is 34.1 Å². The smallest absolute Gasteiger partial charge is 0.273 e. The molecule has 2 aromatic carbocycles. The molecule has 2 N–H and O–H groups in total. The van der Waals surface area contributed by atoms with Crippen molar-refractivity contribution in [1.29, 1.82) is 0 Å². The van der Waals surface area contributed by atoms with Crippen molar-refractivity contribution >= 4 is 57.6 Å². The van der Waals surface area contributed by atoms with Crippen molar-refractivity contribution in [1.82, 2.24) is 20.5 Å². The summed E-state index contributed by atoms with van der Waals surface area (Å²) < 4.78 is 11.7. The molecule has 1 saturated heterocycles. The fraction of sp³-hybridized carbons (Fsp3) is 0.419. The van der Waals surface area contributed by atoms with E-state index in [0.717, 1.165) is 63.5 Å². The number of piperazine rings is 1. The summed E-state index contributed by atoms with van der Waals surface area (Å²) in [5.74, 6) is 0.534. The quantitative estimate of drug-likeness (QED) is 0.246. The molecule has 2 fully saturated rings. The number of aromatic nitrogens is 1. The Bertz CT molecular complexity index is 1500. The highest BCUT2D eigenvalue weighted by molar-refractivity contribution is 7.14. The molecule has 1 saturated carbocycles. The summed E-state index contributed by atoms with van der Waals surface area (Å²) in [6, 6.07) is 9.97. The lowest BCUT2D eigenvalue weighted by atomic mass is 9.86. The van der Waals surface area contributed by atoms with Crippen LogP contribution in [0.1, 0.15) is 40.8 Å². The van der Waals surface area contributed by atoms with E-state index < -0.39 is 0 Å². The molecule has 2 aliphatic heterocycles. The fourth-order valence-electron chi connectivity index (χ4n) is 5.68. The van der Waals surface area contributed by atoms with Gasteiger partial charge >= 0.3 is 0 Å². The number of halogens is 3. The Hall–Kier alpha value is -2.33. The maximum absolute atomic E-state index is 14.4. The molecule has 42 heavy (non-hydrogen) atoms. The van der Waals surface area contributed by atoms with Gasteiger partial charge in [0.15, 0.2) is 5.75 Å². The van der Waals surface area contributed by atoms with Crippen LogP contribution in [0.2, 0.25) is 15.1 Å². The van der Waals surface area contributed by atoms with Crippen LogP contribution in [0.4, 0.5) is 0 Å². The van der Waals surface area contributed by atoms with Gasteiger partial charge in [0.1, 0.15) is 13.2 Å². The van der Waals surface area contributed by atoms with Crippen molar-refractivity contribution < 1.29 is 14.3 Å². The summed E-state index contributed by atoms with van der Waals surface area (Å²) in [6.07, 6.45) is 4.61. The van der Waals surface area contributed by atoms with E-state index in [2.05, 4.69) is 21.7 Å². The molecule has 0 unspecified atom stereocenters. The molecule has 3 aliphatic rings. The number of carbonyl (C=O) groups is 1. The van der Waals surface area contributed by atoms with Crippen LogP contribution in [0.25, 0.3) is 5.57 Å². The van der Waals surface area contributed by atoms with Gasteiger partial charge in [0.2, 0.25) is 0 Å². The molecule has 6 rings (SSSR count). The molecule has 1 aromatic heterocycles. The van der Waals surface area contributed by atoms with Gasteiger partial charge in [0.25, 0.3) is 11.1 Å². The number of aryl methyl sites for hydroxylation is 1. The summed E-state index contributed by atoms with van der Waals surface area (Å²) in [5.41, 5.74) is 4.96. The van der Waals surface area contributed by atoms with E-state index >= 15 is 0 Å². The van der Waals surface area contributed by atoms with Crippen molar-refractivity contribution in [2.75, 3.05) is 26.3 Å². The van der Waals surface area contributed by atoms with Crippen LogP contribution >= 0.6 is 46.1 Å². The number of nitrogens with one attached hydrogen (secondary N) is 2. The standard InChI is InChI=1S/C31H33Cl3N4O3S/c1-17-10-24(33)29(25(34)11-17)40-8-9-41-31-36-15-27(42-31)22-12-20-13-35-14-26(37-20)28(22)30(39)38(21-6-7-21)16-19-4-3-5-23(32)18(19)2/h3-5,10-11,15,20-21,26,35,37H,6-9,12-14,16H2,1-2H3/t20-,26-/m1/s1. The highest BCUT2D eigenvalue weighted by Crippen LogP contribution is 2.39. The molecule has 1 amide bonds. The van der Waals surface area contributed by atoms with E-state index in [-0.39, 0.29) is 37.2 Å². The molecular formula is C31H33Cl3N4O3S. The maximum Gasteiger partial charge on any atom is 0.273 e. The largest absolute Gasteiger partial charge is 0.487 e. The highest BCUT2D eigenvalue weighted by atomic mass is 35.5. The summed E-state index contributed by atoms with van der Waals surface area (Å²) in [7, 11) is 0. The third kappa shape index (κ3) is 6.44. The predicted molar refractivity (Wildman–Crippen MR) is 169 cm³/mol. The Labute approximate surface area is 265 Å². The number of thiazole rings is 1. The Morgan fingerprint density at radius 1 is 1.07 bits per heavy atom. The fourth-order valence-corrected chi connectivity index (χ4v) is 7.43. The van der Waals surface area contributed by atoms with Crippen molar-refractivity contribution in [3.63, 3.8) is 0 Å². The zero-order valence-corrected chi connectivity index (χ0v) is 26.6. The van der Waals surface area contributed by atoms with Crippen LogP contribution in [-0.4, -0.2) is 60.2 Å². The second kappa shape index (κ2) is 12.7. The van der Waals surface area contributed by atoms with Gasteiger partial charge < -0.3 is 25.0 Å². The molecule has 7 nitrogen and oxygen atoms in total. The molecule has 2 bridgehead atoms. The van der Waals surface area contributed by atoms with Crippen molar-refractivity contribution in [3.8, 4) is 10.9 Å². The lowest BCUT2D eigenvalue weighted by molar-refractivity contribution is -0.128. The number of ether oxygens (including phenoxy) is 2. The molecule has 3 heterocycles. The molecule has 11 heteroatoms. The molecule has 0 spiro atoms. The van der Waals surface area contributed by atoms with Crippen LogP contribution in [0.15, 0.2) is 42.1 Å².